The molecule has 0 amide bonds. The molecule has 0 fully saturated rings. The fraction of sp³-hybridized carbons (Fsp3) is 0.0667. The molecule has 1 aromatic heterocycles. The van der Waals surface area contributed by atoms with E-state index in [1.807, 2.05) is 18.2 Å². The predicted octanol–water partition coefficient (Wildman–Crippen LogP) is 7.05. The normalized spacial score (nSPS) is 12.8. The zero-order chi connectivity index (χ0) is 14.3. The van der Waals surface area contributed by atoms with Gasteiger partial charge in [0.25, 0.3) is 0 Å². The van der Waals surface area contributed by atoms with Gasteiger partial charge in [-0.1, -0.05) is 34.1 Å². The van der Waals surface area contributed by atoms with Crippen molar-refractivity contribution in [3.63, 3.8) is 0 Å². The molecule has 0 aliphatic rings. The zero-order valence-corrected chi connectivity index (χ0v) is 15.6. The summed E-state index contributed by atoms with van der Waals surface area (Å²) in [4.78, 5) is 0.0439. The lowest BCUT2D eigenvalue weighted by atomic mass is 10.0. The number of halogens is 4. The fourth-order valence-electron chi connectivity index (χ4n) is 2.09. The van der Waals surface area contributed by atoms with Gasteiger partial charge in [-0.15, -0.1) is 11.3 Å². The second-order valence-electron chi connectivity index (χ2n) is 4.34. The summed E-state index contributed by atoms with van der Waals surface area (Å²) in [6.07, 6.45) is 0. The summed E-state index contributed by atoms with van der Waals surface area (Å²) in [5, 5.41) is 3.36. The van der Waals surface area contributed by atoms with Crippen molar-refractivity contribution in [3.05, 3.63) is 67.7 Å². The van der Waals surface area contributed by atoms with Gasteiger partial charge in [-0.2, -0.15) is 0 Å². The van der Waals surface area contributed by atoms with Gasteiger partial charge in [0.15, 0.2) is 0 Å². The number of hydrogen-bond donors (Lipinski definition) is 0. The molecular formula is C15H8Br3FS. The van der Waals surface area contributed by atoms with Gasteiger partial charge in [0.1, 0.15) is 5.82 Å². The van der Waals surface area contributed by atoms with E-state index in [9.17, 15) is 4.39 Å². The van der Waals surface area contributed by atoms with Crippen LogP contribution in [0.15, 0.2) is 50.7 Å². The number of hydrogen-bond acceptors (Lipinski definition) is 1. The van der Waals surface area contributed by atoms with Crippen molar-refractivity contribution < 1.29 is 4.39 Å². The van der Waals surface area contributed by atoms with Crippen LogP contribution in [-0.2, 0) is 0 Å². The summed E-state index contributed by atoms with van der Waals surface area (Å²) >= 11 is 12.2. The molecule has 0 saturated heterocycles. The summed E-state index contributed by atoms with van der Waals surface area (Å²) in [7, 11) is 0. The third-order valence-electron chi connectivity index (χ3n) is 3.09. The molecule has 1 atom stereocenters. The lowest BCUT2D eigenvalue weighted by molar-refractivity contribution is 0.620. The molecule has 0 radical (unpaired) electrons. The number of rotatable bonds is 2. The van der Waals surface area contributed by atoms with Crippen LogP contribution in [0.25, 0.3) is 10.1 Å². The van der Waals surface area contributed by atoms with Gasteiger partial charge in [0.05, 0.1) is 9.30 Å². The largest absolute Gasteiger partial charge is 0.206 e. The Kier molecular flexibility index (Phi) is 4.32. The smallest absolute Gasteiger partial charge is 0.137 e. The highest BCUT2D eigenvalue weighted by molar-refractivity contribution is 9.11. The Bertz CT molecular complexity index is 782. The minimum atomic E-state index is -0.244. The quantitative estimate of drug-likeness (QED) is 0.346. The van der Waals surface area contributed by atoms with E-state index < -0.39 is 0 Å². The number of thiophene rings is 1. The number of alkyl halides is 1. The highest BCUT2D eigenvalue weighted by Gasteiger charge is 2.17. The summed E-state index contributed by atoms with van der Waals surface area (Å²) < 4.78 is 16.2. The van der Waals surface area contributed by atoms with Gasteiger partial charge in [0.2, 0.25) is 0 Å². The molecule has 0 nitrogen and oxygen atoms in total. The monoisotopic (exact) mass is 476 g/mol. The number of fused-ring (bicyclic) bond motifs is 1. The molecule has 1 heterocycles. The highest BCUT2D eigenvalue weighted by atomic mass is 79.9. The first-order valence-electron chi connectivity index (χ1n) is 5.82. The molecule has 0 aliphatic heterocycles. The molecule has 20 heavy (non-hydrogen) atoms. The second-order valence-corrected chi connectivity index (χ2v) is 7.85. The van der Waals surface area contributed by atoms with E-state index in [0.29, 0.717) is 4.47 Å². The lowest BCUT2D eigenvalue weighted by Gasteiger charge is -2.10. The SMILES string of the molecule is Fc1ccc(C(Br)c2csc3c(Br)cccc23)cc1Br. The first kappa shape index (κ1) is 14.7. The lowest BCUT2D eigenvalue weighted by Crippen LogP contribution is -1.92. The van der Waals surface area contributed by atoms with Crippen LogP contribution in [0.5, 0.6) is 0 Å². The van der Waals surface area contributed by atoms with Crippen LogP contribution < -0.4 is 0 Å². The molecule has 3 aromatic rings. The van der Waals surface area contributed by atoms with Crippen LogP contribution in [-0.4, -0.2) is 0 Å². The van der Waals surface area contributed by atoms with Crippen LogP contribution >= 0.6 is 59.1 Å². The molecule has 5 heteroatoms. The predicted molar refractivity (Wildman–Crippen MR) is 94.4 cm³/mol. The van der Waals surface area contributed by atoms with E-state index in [4.69, 9.17) is 0 Å². The minimum Gasteiger partial charge on any atom is -0.206 e. The van der Waals surface area contributed by atoms with E-state index in [0.717, 1.165) is 10.0 Å². The third kappa shape index (κ3) is 2.61. The molecule has 0 saturated carbocycles. The standard InChI is InChI=1S/C15H8Br3FS/c16-11-3-1-2-9-10(7-20-15(9)11)14(18)8-4-5-13(19)12(17)6-8/h1-7,14H. The summed E-state index contributed by atoms with van der Waals surface area (Å²) in [5.74, 6) is -0.244. The Morgan fingerprint density at radius 1 is 1.05 bits per heavy atom. The fourth-order valence-corrected chi connectivity index (χ4v) is 4.97. The summed E-state index contributed by atoms with van der Waals surface area (Å²) in [6.45, 7) is 0. The number of benzene rings is 2. The van der Waals surface area contributed by atoms with Crippen LogP contribution in [0, 0.1) is 5.82 Å². The third-order valence-corrected chi connectivity index (χ3v) is 6.69. The van der Waals surface area contributed by atoms with Crippen molar-refractivity contribution in [1.82, 2.24) is 0 Å². The molecule has 0 spiro atoms. The van der Waals surface area contributed by atoms with Crippen molar-refractivity contribution >= 4 is 69.2 Å². The first-order valence-corrected chi connectivity index (χ1v) is 9.20. The van der Waals surface area contributed by atoms with Crippen molar-refractivity contribution in [1.29, 1.82) is 0 Å². The van der Waals surface area contributed by atoms with Gasteiger partial charge in [-0.05, 0) is 72.0 Å². The topological polar surface area (TPSA) is 0 Å². The maximum absolute atomic E-state index is 13.3. The van der Waals surface area contributed by atoms with E-state index in [-0.39, 0.29) is 10.6 Å². The molecular weight excluding hydrogens is 471 g/mol. The van der Waals surface area contributed by atoms with Gasteiger partial charge in [-0.3, -0.25) is 0 Å². The van der Waals surface area contributed by atoms with Crippen molar-refractivity contribution in [2.45, 2.75) is 4.83 Å². The zero-order valence-electron chi connectivity index (χ0n) is 10.0. The maximum atomic E-state index is 13.3. The van der Waals surface area contributed by atoms with Crippen LogP contribution in [0.4, 0.5) is 4.39 Å². The average molecular weight is 479 g/mol. The van der Waals surface area contributed by atoms with Crippen molar-refractivity contribution in [2.24, 2.45) is 0 Å². The molecule has 2 aromatic carbocycles. The van der Waals surface area contributed by atoms with E-state index in [1.54, 1.807) is 17.4 Å². The molecule has 102 valence electrons. The molecule has 0 N–H and O–H groups in total. The molecule has 0 aliphatic carbocycles. The van der Waals surface area contributed by atoms with E-state index in [1.165, 1.54) is 21.7 Å². The molecule has 3 rings (SSSR count). The van der Waals surface area contributed by atoms with E-state index in [2.05, 4.69) is 59.2 Å². The Balaban J connectivity index is 2.10. The second kappa shape index (κ2) is 5.87. The first-order chi connectivity index (χ1) is 9.58. The van der Waals surface area contributed by atoms with Crippen molar-refractivity contribution in [3.8, 4) is 0 Å². The molecule has 1 unspecified atom stereocenters. The van der Waals surface area contributed by atoms with Crippen LogP contribution in [0.2, 0.25) is 0 Å². The Morgan fingerprint density at radius 3 is 2.60 bits per heavy atom. The Morgan fingerprint density at radius 2 is 1.85 bits per heavy atom. The van der Waals surface area contributed by atoms with Gasteiger partial charge < -0.3 is 0 Å². The van der Waals surface area contributed by atoms with Crippen LogP contribution in [0.1, 0.15) is 16.0 Å². The Hall–Kier alpha value is -0.230. The van der Waals surface area contributed by atoms with Gasteiger partial charge >= 0.3 is 0 Å². The summed E-state index contributed by atoms with van der Waals surface area (Å²) in [6, 6.07) is 11.3. The average Bonchev–Trinajstić information content (AvgIpc) is 2.86. The highest BCUT2D eigenvalue weighted by Crippen LogP contribution is 2.41. The van der Waals surface area contributed by atoms with Gasteiger partial charge in [0, 0.05) is 9.17 Å². The van der Waals surface area contributed by atoms with Gasteiger partial charge in [-0.25, -0.2) is 4.39 Å². The van der Waals surface area contributed by atoms with E-state index >= 15 is 0 Å². The van der Waals surface area contributed by atoms with Crippen molar-refractivity contribution in [2.75, 3.05) is 0 Å². The Labute approximate surface area is 145 Å². The minimum absolute atomic E-state index is 0.0439. The molecule has 0 bridgehead atoms. The van der Waals surface area contributed by atoms with Crippen LogP contribution in [0.3, 0.4) is 0 Å². The maximum Gasteiger partial charge on any atom is 0.137 e. The summed E-state index contributed by atoms with van der Waals surface area (Å²) in [5.41, 5.74) is 2.22.